The molecule has 0 aliphatic rings. The van der Waals surface area contributed by atoms with E-state index in [1.165, 1.54) is 6.07 Å². The van der Waals surface area contributed by atoms with E-state index < -0.39 is 11.6 Å². The third-order valence-electron chi connectivity index (χ3n) is 2.51. The summed E-state index contributed by atoms with van der Waals surface area (Å²) >= 11 is 0. The largest absolute Gasteiger partial charge is 0.481 e. The number of benzene rings is 1. The Morgan fingerprint density at radius 2 is 2.11 bits per heavy atom. The molecule has 0 unspecified atom stereocenters. The summed E-state index contributed by atoms with van der Waals surface area (Å²) in [6.45, 7) is 3.69. The van der Waals surface area contributed by atoms with Gasteiger partial charge in [0.15, 0.2) is 6.61 Å². The molecule has 1 aromatic carbocycles. The second kappa shape index (κ2) is 5.56. The van der Waals surface area contributed by atoms with Crippen LogP contribution in [0.5, 0.6) is 5.75 Å². The maximum atomic E-state index is 11.4. The Balaban J connectivity index is 2.33. The average Bonchev–Trinajstić information content (AvgIpc) is 2.37. The first kappa shape index (κ1) is 13.1. The SMILES string of the molecule is CCOC(=O)COc1cc(=O)oc2ccc(C)cc12. The van der Waals surface area contributed by atoms with Crippen molar-refractivity contribution in [3.63, 3.8) is 0 Å². The number of aryl methyl sites for hydroxylation is 1. The highest BCUT2D eigenvalue weighted by molar-refractivity contribution is 5.84. The molecule has 5 nitrogen and oxygen atoms in total. The van der Waals surface area contributed by atoms with Gasteiger partial charge in [-0.25, -0.2) is 9.59 Å². The first-order valence-corrected chi connectivity index (χ1v) is 5.93. The van der Waals surface area contributed by atoms with Crippen LogP contribution in [0, 0.1) is 6.92 Å². The summed E-state index contributed by atoms with van der Waals surface area (Å²) in [6.07, 6.45) is 0. The van der Waals surface area contributed by atoms with Crippen molar-refractivity contribution in [3.8, 4) is 5.75 Å². The predicted molar refractivity (Wildman–Crippen MR) is 69.3 cm³/mol. The third kappa shape index (κ3) is 3.13. The lowest BCUT2D eigenvalue weighted by atomic mass is 10.1. The van der Waals surface area contributed by atoms with Gasteiger partial charge in [-0.3, -0.25) is 0 Å². The van der Waals surface area contributed by atoms with E-state index >= 15 is 0 Å². The molecular formula is C14H14O5. The summed E-state index contributed by atoms with van der Waals surface area (Å²) in [4.78, 5) is 22.7. The fraction of sp³-hybridized carbons (Fsp3) is 0.286. The van der Waals surface area contributed by atoms with Crippen LogP contribution < -0.4 is 10.4 Å². The molecule has 0 aliphatic carbocycles. The molecule has 0 spiro atoms. The Morgan fingerprint density at radius 3 is 2.84 bits per heavy atom. The van der Waals surface area contributed by atoms with Gasteiger partial charge in [0.25, 0.3) is 0 Å². The smallest absolute Gasteiger partial charge is 0.344 e. The van der Waals surface area contributed by atoms with Gasteiger partial charge in [0, 0.05) is 0 Å². The molecule has 0 fully saturated rings. The van der Waals surface area contributed by atoms with E-state index in [2.05, 4.69) is 0 Å². The Bertz CT molecular complexity index is 656. The molecule has 0 aliphatic heterocycles. The van der Waals surface area contributed by atoms with Crippen molar-refractivity contribution >= 4 is 16.9 Å². The number of hydrogen-bond donors (Lipinski definition) is 0. The van der Waals surface area contributed by atoms with Crippen LogP contribution in [-0.2, 0) is 9.53 Å². The van der Waals surface area contributed by atoms with E-state index in [4.69, 9.17) is 13.9 Å². The van der Waals surface area contributed by atoms with Crippen molar-refractivity contribution in [1.29, 1.82) is 0 Å². The minimum atomic E-state index is -0.518. The number of rotatable bonds is 4. The van der Waals surface area contributed by atoms with Gasteiger partial charge in [-0.2, -0.15) is 0 Å². The molecule has 1 heterocycles. The normalized spacial score (nSPS) is 10.4. The number of ether oxygens (including phenoxy) is 2. The standard InChI is InChI=1S/C14H14O5/c1-3-17-14(16)8-18-12-7-13(15)19-11-5-4-9(2)6-10(11)12/h4-7H,3,8H2,1-2H3. The van der Waals surface area contributed by atoms with Crippen molar-refractivity contribution < 1.29 is 18.7 Å². The highest BCUT2D eigenvalue weighted by Crippen LogP contribution is 2.24. The lowest BCUT2D eigenvalue weighted by molar-refractivity contribution is -0.145. The van der Waals surface area contributed by atoms with Crippen molar-refractivity contribution in [2.24, 2.45) is 0 Å². The first-order valence-electron chi connectivity index (χ1n) is 5.93. The summed E-state index contributed by atoms with van der Waals surface area (Å²) in [5.74, 6) is -0.153. The van der Waals surface area contributed by atoms with E-state index in [9.17, 15) is 9.59 Å². The molecular weight excluding hydrogens is 248 g/mol. The van der Waals surface area contributed by atoms with E-state index in [-0.39, 0.29) is 6.61 Å². The van der Waals surface area contributed by atoms with E-state index in [1.54, 1.807) is 13.0 Å². The van der Waals surface area contributed by atoms with Crippen LogP contribution in [0.4, 0.5) is 0 Å². The summed E-state index contributed by atoms with van der Waals surface area (Å²) < 4.78 is 15.2. The van der Waals surface area contributed by atoms with Crippen molar-refractivity contribution in [1.82, 2.24) is 0 Å². The minimum Gasteiger partial charge on any atom is -0.481 e. The molecule has 0 amide bonds. The lowest BCUT2D eigenvalue weighted by Gasteiger charge is -2.08. The van der Waals surface area contributed by atoms with Gasteiger partial charge >= 0.3 is 11.6 Å². The van der Waals surface area contributed by atoms with Gasteiger partial charge < -0.3 is 13.9 Å². The number of hydrogen-bond acceptors (Lipinski definition) is 5. The number of fused-ring (bicyclic) bond motifs is 1. The van der Waals surface area contributed by atoms with Gasteiger partial charge in [0.2, 0.25) is 0 Å². The van der Waals surface area contributed by atoms with Gasteiger partial charge in [0.1, 0.15) is 11.3 Å². The zero-order valence-electron chi connectivity index (χ0n) is 10.8. The molecule has 1 aromatic heterocycles. The van der Waals surface area contributed by atoms with Gasteiger partial charge in [-0.1, -0.05) is 11.6 Å². The van der Waals surface area contributed by atoms with Crippen LogP contribution in [0.1, 0.15) is 12.5 Å². The van der Waals surface area contributed by atoms with Crippen LogP contribution >= 0.6 is 0 Å². The molecule has 2 aromatic rings. The molecule has 5 heteroatoms. The van der Waals surface area contributed by atoms with E-state index in [0.29, 0.717) is 23.3 Å². The lowest BCUT2D eigenvalue weighted by Crippen LogP contribution is -2.15. The van der Waals surface area contributed by atoms with Crippen LogP contribution in [0.15, 0.2) is 33.5 Å². The van der Waals surface area contributed by atoms with Crippen LogP contribution in [0.25, 0.3) is 11.0 Å². The Hall–Kier alpha value is -2.30. The van der Waals surface area contributed by atoms with E-state index in [1.807, 2.05) is 19.1 Å². The number of esters is 1. The molecule has 0 atom stereocenters. The highest BCUT2D eigenvalue weighted by Gasteiger charge is 2.09. The van der Waals surface area contributed by atoms with Crippen LogP contribution in [-0.4, -0.2) is 19.2 Å². The molecule has 0 saturated carbocycles. The van der Waals surface area contributed by atoms with Gasteiger partial charge in [-0.15, -0.1) is 0 Å². The number of carbonyl (C=O) groups excluding carboxylic acids is 1. The van der Waals surface area contributed by atoms with Crippen molar-refractivity contribution in [3.05, 3.63) is 40.2 Å². The highest BCUT2D eigenvalue weighted by atomic mass is 16.6. The fourth-order valence-corrected chi connectivity index (χ4v) is 1.71. The second-order valence-corrected chi connectivity index (χ2v) is 4.02. The zero-order valence-corrected chi connectivity index (χ0v) is 10.8. The Labute approximate surface area is 109 Å². The second-order valence-electron chi connectivity index (χ2n) is 4.02. The molecule has 0 radical (unpaired) electrons. The van der Waals surface area contributed by atoms with Gasteiger partial charge in [-0.05, 0) is 26.0 Å². The third-order valence-corrected chi connectivity index (χ3v) is 2.51. The van der Waals surface area contributed by atoms with Crippen LogP contribution in [0.3, 0.4) is 0 Å². The summed E-state index contributed by atoms with van der Waals surface area (Å²) in [7, 11) is 0. The molecule has 2 rings (SSSR count). The Kier molecular flexibility index (Phi) is 3.85. The fourth-order valence-electron chi connectivity index (χ4n) is 1.71. The van der Waals surface area contributed by atoms with Crippen LogP contribution in [0.2, 0.25) is 0 Å². The predicted octanol–water partition coefficient (Wildman–Crippen LogP) is 2.04. The maximum Gasteiger partial charge on any atom is 0.344 e. The first-order chi connectivity index (χ1) is 9.10. The maximum absolute atomic E-state index is 11.4. The summed E-state index contributed by atoms with van der Waals surface area (Å²) in [5.41, 5.74) is 0.912. The molecule has 100 valence electrons. The molecule has 19 heavy (non-hydrogen) atoms. The summed E-state index contributed by atoms with van der Waals surface area (Å²) in [6, 6.07) is 6.59. The number of carbonyl (C=O) groups is 1. The monoisotopic (exact) mass is 262 g/mol. The van der Waals surface area contributed by atoms with E-state index in [0.717, 1.165) is 5.56 Å². The van der Waals surface area contributed by atoms with Gasteiger partial charge in [0.05, 0.1) is 18.1 Å². The Morgan fingerprint density at radius 1 is 1.32 bits per heavy atom. The minimum absolute atomic E-state index is 0.236. The summed E-state index contributed by atoms with van der Waals surface area (Å²) in [5, 5.41) is 0.656. The molecule has 0 bridgehead atoms. The molecule has 0 N–H and O–H groups in total. The quantitative estimate of drug-likeness (QED) is 0.623. The van der Waals surface area contributed by atoms with Crippen molar-refractivity contribution in [2.75, 3.05) is 13.2 Å². The average molecular weight is 262 g/mol. The molecule has 0 saturated heterocycles. The zero-order chi connectivity index (χ0) is 13.8. The van der Waals surface area contributed by atoms with Crippen molar-refractivity contribution in [2.45, 2.75) is 13.8 Å². The topological polar surface area (TPSA) is 65.7 Å².